The number of nitro groups is 1. The van der Waals surface area contributed by atoms with E-state index in [1.54, 1.807) is 13.0 Å². The molecule has 0 saturated heterocycles. The van der Waals surface area contributed by atoms with Crippen LogP contribution >= 0.6 is 0 Å². The zero-order valence-corrected chi connectivity index (χ0v) is 14.9. The minimum atomic E-state index is -0.394. The lowest BCUT2D eigenvalue weighted by molar-refractivity contribution is -0.384. The number of amides is 1. The van der Waals surface area contributed by atoms with Gasteiger partial charge in [-0.1, -0.05) is 19.6 Å². The molecule has 0 unspecified atom stereocenters. The van der Waals surface area contributed by atoms with Crippen LogP contribution in [0.1, 0.15) is 49.4 Å². The second-order valence-electron chi connectivity index (χ2n) is 6.76. The highest BCUT2D eigenvalue weighted by atomic mass is 16.6. The maximum Gasteiger partial charge on any atom is 0.271 e. The molecular weight excluding hydrogens is 342 g/mol. The maximum atomic E-state index is 10.9. The molecule has 0 aromatic heterocycles. The van der Waals surface area contributed by atoms with Gasteiger partial charge in [0.2, 0.25) is 5.91 Å². The fourth-order valence-corrected chi connectivity index (χ4v) is 3.75. The van der Waals surface area contributed by atoms with E-state index >= 15 is 0 Å². The minimum Gasteiger partial charge on any atom is -0.398 e. The summed E-state index contributed by atoms with van der Waals surface area (Å²) in [5, 5.41) is 13.4. The van der Waals surface area contributed by atoms with Gasteiger partial charge in [-0.25, -0.2) is 0 Å². The van der Waals surface area contributed by atoms with Crippen molar-refractivity contribution in [2.45, 2.75) is 52.9 Å². The van der Waals surface area contributed by atoms with Gasteiger partial charge >= 0.3 is 0 Å². The van der Waals surface area contributed by atoms with Gasteiger partial charge in [0.15, 0.2) is 0 Å². The third-order valence-electron chi connectivity index (χ3n) is 4.90. The first kappa shape index (κ1) is 20.4. The summed E-state index contributed by atoms with van der Waals surface area (Å²) in [7, 11) is 0. The van der Waals surface area contributed by atoms with Crippen molar-refractivity contribution in [1.82, 2.24) is 0 Å². The number of nitrogens with zero attached hydrogens (tertiary/aromatic N) is 1. The number of nitrogen functional groups attached to an aromatic ring is 1. The summed E-state index contributed by atoms with van der Waals surface area (Å²) in [4.78, 5) is 21.0. The second-order valence-corrected chi connectivity index (χ2v) is 6.76. The topological polar surface area (TPSA) is 98.3 Å². The predicted octanol–water partition coefficient (Wildman–Crippen LogP) is 4.44. The Morgan fingerprint density at radius 3 is 2.41 bits per heavy atom. The Hall–Kier alpha value is -2.89. The van der Waals surface area contributed by atoms with Crippen LogP contribution < -0.4 is 11.1 Å². The molecule has 2 aromatic carbocycles. The van der Waals surface area contributed by atoms with Crippen LogP contribution in [0.2, 0.25) is 0 Å². The molecule has 0 bridgehead atoms. The molecule has 1 amide bonds. The molecule has 2 aliphatic carbocycles. The van der Waals surface area contributed by atoms with Crippen molar-refractivity contribution in [3.63, 3.8) is 0 Å². The number of non-ortho nitro benzene ring substituents is 1. The van der Waals surface area contributed by atoms with Crippen molar-refractivity contribution in [1.29, 1.82) is 0 Å². The molecule has 0 spiro atoms. The standard InChI is InChI=1S/C11H13NO.C9H10N2O2.CH4/c1-8(13)12-11-7-3-5-9-4-2-6-10(9)11;10-9-5-7(11(12)13)4-6-2-1-3-8(6)9;/h3,5,7H,2,4,6H2,1H3,(H,12,13);4-5H,1-3,10H2;1H4. The maximum absolute atomic E-state index is 10.9. The monoisotopic (exact) mass is 369 g/mol. The smallest absolute Gasteiger partial charge is 0.271 e. The van der Waals surface area contributed by atoms with E-state index < -0.39 is 4.92 Å². The van der Waals surface area contributed by atoms with Crippen molar-refractivity contribution in [3.05, 3.63) is 62.7 Å². The number of benzene rings is 2. The van der Waals surface area contributed by atoms with Crippen LogP contribution in [-0.4, -0.2) is 10.8 Å². The molecule has 0 atom stereocenters. The van der Waals surface area contributed by atoms with Gasteiger partial charge in [-0.05, 0) is 66.8 Å². The number of anilines is 2. The van der Waals surface area contributed by atoms with Crippen molar-refractivity contribution < 1.29 is 9.72 Å². The first-order valence-electron chi connectivity index (χ1n) is 8.89. The van der Waals surface area contributed by atoms with Crippen LogP contribution in [0.25, 0.3) is 0 Å². The number of rotatable bonds is 2. The van der Waals surface area contributed by atoms with Crippen LogP contribution in [0, 0.1) is 10.1 Å². The molecule has 0 radical (unpaired) electrons. The number of fused-ring (bicyclic) bond motifs is 2. The van der Waals surface area contributed by atoms with Gasteiger partial charge < -0.3 is 11.1 Å². The van der Waals surface area contributed by atoms with E-state index in [0.29, 0.717) is 5.69 Å². The Morgan fingerprint density at radius 1 is 1.07 bits per heavy atom. The van der Waals surface area contributed by atoms with E-state index in [-0.39, 0.29) is 19.0 Å². The summed E-state index contributed by atoms with van der Waals surface area (Å²) in [6.45, 7) is 1.55. The first-order chi connectivity index (χ1) is 12.5. The van der Waals surface area contributed by atoms with Gasteiger partial charge in [0.1, 0.15) is 0 Å². The van der Waals surface area contributed by atoms with E-state index in [2.05, 4.69) is 11.4 Å². The molecule has 6 nitrogen and oxygen atoms in total. The second kappa shape index (κ2) is 8.66. The highest BCUT2D eigenvalue weighted by Crippen LogP contribution is 2.31. The first-order valence-corrected chi connectivity index (χ1v) is 8.89. The van der Waals surface area contributed by atoms with E-state index in [1.165, 1.54) is 23.6 Å². The Morgan fingerprint density at radius 2 is 1.74 bits per heavy atom. The molecule has 2 aliphatic rings. The number of hydrogen-bond acceptors (Lipinski definition) is 4. The molecule has 0 heterocycles. The molecule has 27 heavy (non-hydrogen) atoms. The number of carbonyl (C=O) groups excluding carboxylic acids is 1. The largest absolute Gasteiger partial charge is 0.398 e. The lowest BCUT2D eigenvalue weighted by Crippen LogP contribution is -2.07. The summed E-state index contributed by atoms with van der Waals surface area (Å²) >= 11 is 0. The van der Waals surface area contributed by atoms with E-state index in [4.69, 9.17) is 5.73 Å². The molecule has 3 N–H and O–H groups in total. The van der Waals surface area contributed by atoms with Gasteiger partial charge in [-0.2, -0.15) is 0 Å². The fourth-order valence-electron chi connectivity index (χ4n) is 3.75. The summed E-state index contributed by atoms with van der Waals surface area (Å²) in [5.41, 5.74) is 12.3. The SMILES string of the molecule is C.CC(=O)Nc1cccc2c1CCC2.Nc1cc([N+](=O)[O-])cc2c1CCC2. The Balaban J connectivity index is 0.000000187. The van der Waals surface area contributed by atoms with Gasteiger partial charge in [-0.15, -0.1) is 0 Å². The molecule has 6 heteroatoms. The zero-order chi connectivity index (χ0) is 18.7. The summed E-state index contributed by atoms with van der Waals surface area (Å²) in [5.74, 6) is 0.0142. The molecule has 0 saturated carbocycles. The highest BCUT2D eigenvalue weighted by molar-refractivity contribution is 5.89. The molecular formula is C21H27N3O3. The Bertz CT molecular complexity index is 862. The highest BCUT2D eigenvalue weighted by Gasteiger charge is 2.18. The normalized spacial score (nSPS) is 13.5. The summed E-state index contributed by atoms with van der Waals surface area (Å²) in [6.07, 6.45) is 6.40. The Labute approximate surface area is 159 Å². The number of nitrogens with two attached hydrogens (primary N) is 1. The molecule has 144 valence electrons. The summed E-state index contributed by atoms with van der Waals surface area (Å²) in [6, 6.07) is 9.22. The molecule has 0 fully saturated rings. The number of nitrogens with one attached hydrogen (secondary N) is 1. The third kappa shape index (κ3) is 4.64. The predicted molar refractivity (Wildman–Crippen MR) is 109 cm³/mol. The van der Waals surface area contributed by atoms with E-state index in [9.17, 15) is 14.9 Å². The lowest BCUT2D eigenvalue weighted by atomic mass is 10.1. The third-order valence-corrected chi connectivity index (χ3v) is 4.90. The van der Waals surface area contributed by atoms with Crippen LogP contribution in [-0.2, 0) is 30.5 Å². The van der Waals surface area contributed by atoms with Gasteiger partial charge in [0.05, 0.1) is 4.92 Å². The van der Waals surface area contributed by atoms with Crippen LogP contribution in [0.15, 0.2) is 30.3 Å². The molecule has 0 aliphatic heterocycles. The van der Waals surface area contributed by atoms with Crippen molar-refractivity contribution in [2.75, 3.05) is 11.1 Å². The van der Waals surface area contributed by atoms with Crippen molar-refractivity contribution in [2.24, 2.45) is 0 Å². The van der Waals surface area contributed by atoms with Crippen LogP contribution in [0.3, 0.4) is 0 Å². The van der Waals surface area contributed by atoms with Gasteiger partial charge in [-0.3, -0.25) is 14.9 Å². The zero-order valence-electron chi connectivity index (χ0n) is 14.9. The van der Waals surface area contributed by atoms with Crippen molar-refractivity contribution >= 4 is 23.0 Å². The van der Waals surface area contributed by atoms with Crippen molar-refractivity contribution in [3.8, 4) is 0 Å². The quantitative estimate of drug-likeness (QED) is 0.464. The number of nitro benzene ring substituents is 1. The van der Waals surface area contributed by atoms with Crippen LogP contribution in [0.4, 0.5) is 17.1 Å². The fraction of sp³-hybridized carbons (Fsp3) is 0.381. The van der Waals surface area contributed by atoms with Crippen LogP contribution in [0.5, 0.6) is 0 Å². The number of carbonyl (C=O) groups is 1. The van der Waals surface area contributed by atoms with Gasteiger partial charge in [0, 0.05) is 30.4 Å². The molecule has 2 aromatic rings. The average molecular weight is 369 g/mol. The number of hydrogen-bond donors (Lipinski definition) is 2. The van der Waals surface area contributed by atoms with E-state index in [0.717, 1.165) is 48.9 Å². The molecule has 4 rings (SSSR count). The Kier molecular flexibility index (Phi) is 6.55. The summed E-state index contributed by atoms with van der Waals surface area (Å²) < 4.78 is 0. The lowest BCUT2D eigenvalue weighted by Gasteiger charge is -2.07. The number of aryl methyl sites for hydroxylation is 2. The average Bonchev–Trinajstić information content (AvgIpc) is 3.24. The minimum absolute atomic E-state index is 0. The van der Waals surface area contributed by atoms with E-state index in [1.807, 2.05) is 12.1 Å². The van der Waals surface area contributed by atoms with Gasteiger partial charge in [0.25, 0.3) is 5.69 Å².